The highest BCUT2D eigenvalue weighted by Crippen LogP contribution is 2.33. The Balaban J connectivity index is 1.99. The van der Waals surface area contributed by atoms with Crippen LogP contribution in [0.4, 0.5) is 0 Å². The van der Waals surface area contributed by atoms with Crippen molar-refractivity contribution in [2.75, 3.05) is 13.3 Å². The van der Waals surface area contributed by atoms with Gasteiger partial charge in [-0.1, -0.05) is 17.7 Å². The largest absolute Gasteiger partial charge is 0.454 e. The van der Waals surface area contributed by atoms with E-state index in [9.17, 15) is 0 Å². The molecule has 3 nitrogen and oxygen atoms in total. The number of nitrogens with one attached hydrogen (secondary N) is 1. The first-order valence-corrected chi connectivity index (χ1v) is 5.93. The Morgan fingerprint density at radius 3 is 2.88 bits per heavy atom. The van der Waals surface area contributed by atoms with Crippen LogP contribution in [0.1, 0.15) is 32.4 Å². The minimum Gasteiger partial charge on any atom is -0.454 e. The lowest BCUT2D eigenvalue weighted by Gasteiger charge is -2.13. The minimum absolute atomic E-state index is 0.306. The predicted octanol–water partition coefficient (Wildman–Crippen LogP) is 3.03. The van der Waals surface area contributed by atoms with E-state index < -0.39 is 0 Å². The van der Waals surface area contributed by atoms with Crippen LogP contribution in [0, 0.1) is 0 Å². The van der Waals surface area contributed by atoms with Crippen LogP contribution < -0.4 is 14.8 Å². The Hall–Kier alpha value is -1.48. The number of ether oxygens (including phenoxy) is 2. The van der Waals surface area contributed by atoms with Crippen molar-refractivity contribution in [1.82, 2.24) is 5.32 Å². The van der Waals surface area contributed by atoms with E-state index in [-0.39, 0.29) is 0 Å². The summed E-state index contributed by atoms with van der Waals surface area (Å²) in [6.07, 6.45) is 2.18. The van der Waals surface area contributed by atoms with Crippen molar-refractivity contribution in [3.05, 3.63) is 35.4 Å². The van der Waals surface area contributed by atoms with Gasteiger partial charge < -0.3 is 14.8 Å². The average molecular weight is 233 g/mol. The molecular weight excluding hydrogens is 214 g/mol. The Kier molecular flexibility index (Phi) is 3.69. The molecule has 1 atom stereocenters. The molecule has 1 aromatic rings. The summed E-state index contributed by atoms with van der Waals surface area (Å²) in [5.74, 6) is 1.68. The quantitative estimate of drug-likeness (QED) is 0.811. The average Bonchev–Trinajstić information content (AvgIpc) is 2.75. The number of benzene rings is 1. The Labute approximate surface area is 102 Å². The molecule has 0 saturated carbocycles. The predicted molar refractivity (Wildman–Crippen MR) is 68.4 cm³/mol. The van der Waals surface area contributed by atoms with Crippen LogP contribution in [0.5, 0.6) is 11.5 Å². The topological polar surface area (TPSA) is 30.5 Å². The van der Waals surface area contributed by atoms with Crippen molar-refractivity contribution >= 4 is 0 Å². The molecule has 2 rings (SSSR count). The second-order valence-electron chi connectivity index (χ2n) is 4.52. The van der Waals surface area contributed by atoms with Crippen LogP contribution in [-0.4, -0.2) is 13.3 Å². The molecule has 0 radical (unpaired) electrons. The third kappa shape index (κ3) is 3.01. The molecule has 17 heavy (non-hydrogen) atoms. The van der Waals surface area contributed by atoms with E-state index in [1.807, 2.05) is 12.1 Å². The molecule has 0 bridgehead atoms. The molecule has 1 heterocycles. The van der Waals surface area contributed by atoms with E-state index in [0.29, 0.717) is 12.8 Å². The molecule has 0 fully saturated rings. The van der Waals surface area contributed by atoms with Gasteiger partial charge in [0, 0.05) is 12.6 Å². The standard InChI is InChI=1S/C14H19NO2/c1-10(2)6-7-15-11(3)12-4-5-13-14(8-12)17-9-16-13/h4-6,8,11,15H,7,9H2,1-3H3. The van der Waals surface area contributed by atoms with Gasteiger partial charge in [0.15, 0.2) is 11.5 Å². The first-order chi connectivity index (χ1) is 8.16. The smallest absolute Gasteiger partial charge is 0.231 e. The molecule has 0 saturated heterocycles. The second-order valence-corrected chi connectivity index (χ2v) is 4.52. The molecule has 0 spiro atoms. The molecule has 3 heteroatoms. The van der Waals surface area contributed by atoms with Crippen molar-refractivity contribution in [3.63, 3.8) is 0 Å². The fourth-order valence-corrected chi connectivity index (χ4v) is 1.74. The fourth-order valence-electron chi connectivity index (χ4n) is 1.74. The molecule has 1 N–H and O–H groups in total. The van der Waals surface area contributed by atoms with Gasteiger partial charge in [0.05, 0.1) is 0 Å². The monoisotopic (exact) mass is 233 g/mol. The highest BCUT2D eigenvalue weighted by molar-refractivity contribution is 5.45. The highest BCUT2D eigenvalue weighted by atomic mass is 16.7. The van der Waals surface area contributed by atoms with Crippen LogP contribution in [0.2, 0.25) is 0 Å². The summed E-state index contributed by atoms with van der Waals surface area (Å²) >= 11 is 0. The third-order valence-corrected chi connectivity index (χ3v) is 2.83. The zero-order valence-corrected chi connectivity index (χ0v) is 10.6. The normalized spacial score (nSPS) is 14.5. The Morgan fingerprint density at radius 1 is 1.35 bits per heavy atom. The van der Waals surface area contributed by atoms with E-state index in [0.717, 1.165) is 18.0 Å². The van der Waals surface area contributed by atoms with E-state index >= 15 is 0 Å². The van der Waals surface area contributed by atoms with Gasteiger partial charge in [-0.2, -0.15) is 0 Å². The maximum Gasteiger partial charge on any atom is 0.231 e. The highest BCUT2D eigenvalue weighted by Gasteiger charge is 2.15. The van der Waals surface area contributed by atoms with Gasteiger partial charge in [-0.3, -0.25) is 0 Å². The maximum atomic E-state index is 5.37. The van der Waals surface area contributed by atoms with Crippen LogP contribution >= 0.6 is 0 Å². The summed E-state index contributed by atoms with van der Waals surface area (Å²) in [6.45, 7) is 7.58. The van der Waals surface area contributed by atoms with Crippen molar-refractivity contribution in [3.8, 4) is 11.5 Å². The van der Waals surface area contributed by atoms with Gasteiger partial charge in [-0.05, 0) is 38.5 Å². The summed E-state index contributed by atoms with van der Waals surface area (Å²) in [6, 6.07) is 6.40. The summed E-state index contributed by atoms with van der Waals surface area (Å²) in [4.78, 5) is 0. The number of fused-ring (bicyclic) bond motifs is 1. The van der Waals surface area contributed by atoms with Crippen molar-refractivity contribution in [1.29, 1.82) is 0 Å². The number of allylic oxidation sites excluding steroid dienone is 1. The van der Waals surface area contributed by atoms with Gasteiger partial charge in [0.25, 0.3) is 0 Å². The van der Waals surface area contributed by atoms with Crippen LogP contribution in [0.15, 0.2) is 29.8 Å². The molecule has 92 valence electrons. The lowest BCUT2D eigenvalue weighted by molar-refractivity contribution is 0.174. The van der Waals surface area contributed by atoms with E-state index in [4.69, 9.17) is 9.47 Å². The van der Waals surface area contributed by atoms with Crippen molar-refractivity contribution < 1.29 is 9.47 Å². The number of hydrogen-bond acceptors (Lipinski definition) is 3. The van der Waals surface area contributed by atoms with Gasteiger partial charge in [0.2, 0.25) is 6.79 Å². The second kappa shape index (κ2) is 5.23. The van der Waals surface area contributed by atoms with E-state index in [1.165, 1.54) is 11.1 Å². The lowest BCUT2D eigenvalue weighted by Crippen LogP contribution is -2.18. The first kappa shape index (κ1) is 12.0. The molecule has 0 aliphatic carbocycles. The molecule has 1 unspecified atom stereocenters. The third-order valence-electron chi connectivity index (χ3n) is 2.83. The van der Waals surface area contributed by atoms with Gasteiger partial charge >= 0.3 is 0 Å². The SMILES string of the molecule is CC(C)=CCNC(C)c1ccc2c(c1)OCO2. The summed E-state index contributed by atoms with van der Waals surface area (Å²) in [7, 11) is 0. The number of rotatable bonds is 4. The molecule has 1 aliphatic heterocycles. The summed E-state index contributed by atoms with van der Waals surface area (Å²) in [5, 5.41) is 3.45. The van der Waals surface area contributed by atoms with Gasteiger partial charge in [-0.25, -0.2) is 0 Å². The van der Waals surface area contributed by atoms with E-state index in [2.05, 4.69) is 38.2 Å². The van der Waals surface area contributed by atoms with Crippen LogP contribution in [-0.2, 0) is 0 Å². The first-order valence-electron chi connectivity index (χ1n) is 5.93. The molecule has 1 aliphatic rings. The van der Waals surface area contributed by atoms with Crippen LogP contribution in [0.3, 0.4) is 0 Å². The Morgan fingerprint density at radius 2 is 2.12 bits per heavy atom. The van der Waals surface area contributed by atoms with Crippen molar-refractivity contribution in [2.45, 2.75) is 26.8 Å². The minimum atomic E-state index is 0.306. The maximum absolute atomic E-state index is 5.37. The summed E-state index contributed by atoms with van der Waals surface area (Å²) in [5.41, 5.74) is 2.55. The molecule has 1 aromatic carbocycles. The summed E-state index contributed by atoms with van der Waals surface area (Å²) < 4.78 is 10.7. The Bertz CT molecular complexity index is 422. The van der Waals surface area contributed by atoms with Gasteiger partial charge in [0.1, 0.15) is 0 Å². The number of hydrogen-bond donors (Lipinski definition) is 1. The lowest BCUT2D eigenvalue weighted by atomic mass is 10.1. The van der Waals surface area contributed by atoms with E-state index in [1.54, 1.807) is 0 Å². The zero-order valence-electron chi connectivity index (χ0n) is 10.6. The molecule has 0 aromatic heterocycles. The molecule has 0 amide bonds. The van der Waals surface area contributed by atoms with Crippen molar-refractivity contribution in [2.24, 2.45) is 0 Å². The fraction of sp³-hybridized carbons (Fsp3) is 0.429. The zero-order chi connectivity index (χ0) is 12.3. The van der Waals surface area contributed by atoms with Gasteiger partial charge in [-0.15, -0.1) is 0 Å². The molecular formula is C14H19NO2. The van der Waals surface area contributed by atoms with Crippen LogP contribution in [0.25, 0.3) is 0 Å².